The first-order valence-electron chi connectivity index (χ1n) is 7.38. The Labute approximate surface area is 140 Å². The summed E-state index contributed by atoms with van der Waals surface area (Å²) in [7, 11) is 1.93. The van der Waals surface area contributed by atoms with Gasteiger partial charge in [-0.05, 0) is 52.8 Å². The second kappa shape index (κ2) is 6.75. The summed E-state index contributed by atoms with van der Waals surface area (Å²) in [4.78, 5) is 1.94. The number of rotatable bonds is 3. The van der Waals surface area contributed by atoms with Crippen LogP contribution in [-0.2, 0) is 6.54 Å². The SMILES string of the molecule is CN(C(=S)NCc1ccc(F)cc1)c1ccc2ccccc2c1. The van der Waals surface area contributed by atoms with E-state index in [0.717, 1.165) is 11.3 Å². The molecule has 0 radical (unpaired) electrons. The third-order valence-electron chi connectivity index (χ3n) is 3.78. The second-order valence-corrected chi connectivity index (χ2v) is 5.76. The van der Waals surface area contributed by atoms with Crippen LogP contribution in [0.4, 0.5) is 10.1 Å². The lowest BCUT2D eigenvalue weighted by molar-refractivity contribution is 0.626. The number of fused-ring (bicyclic) bond motifs is 1. The maximum Gasteiger partial charge on any atom is 0.173 e. The normalized spacial score (nSPS) is 10.5. The summed E-state index contributed by atoms with van der Waals surface area (Å²) in [5.41, 5.74) is 2.01. The first-order chi connectivity index (χ1) is 11.1. The van der Waals surface area contributed by atoms with E-state index < -0.39 is 0 Å². The monoisotopic (exact) mass is 324 g/mol. The molecule has 4 heteroatoms. The van der Waals surface area contributed by atoms with Crippen molar-refractivity contribution in [2.24, 2.45) is 0 Å². The van der Waals surface area contributed by atoms with E-state index in [9.17, 15) is 4.39 Å². The van der Waals surface area contributed by atoms with Crippen molar-refractivity contribution in [1.29, 1.82) is 0 Å². The lowest BCUT2D eigenvalue weighted by atomic mass is 10.1. The highest BCUT2D eigenvalue weighted by Crippen LogP contribution is 2.21. The Morgan fingerprint density at radius 1 is 1.00 bits per heavy atom. The van der Waals surface area contributed by atoms with Crippen LogP contribution < -0.4 is 10.2 Å². The van der Waals surface area contributed by atoms with Gasteiger partial charge in [-0.3, -0.25) is 0 Å². The fraction of sp³-hybridized carbons (Fsp3) is 0.105. The molecule has 0 aliphatic rings. The highest BCUT2D eigenvalue weighted by atomic mass is 32.1. The number of anilines is 1. The molecule has 0 aliphatic carbocycles. The first-order valence-corrected chi connectivity index (χ1v) is 7.79. The molecule has 0 saturated carbocycles. The van der Waals surface area contributed by atoms with Gasteiger partial charge in [-0.1, -0.05) is 42.5 Å². The van der Waals surface area contributed by atoms with Crippen molar-refractivity contribution in [3.8, 4) is 0 Å². The fourth-order valence-electron chi connectivity index (χ4n) is 2.40. The van der Waals surface area contributed by atoms with Crippen molar-refractivity contribution in [2.45, 2.75) is 6.54 Å². The van der Waals surface area contributed by atoms with E-state index in [4.69, 9.17) is 12.2 Å². The van der Waals surface area contributed by atoms with Crippen molar-refractivity contribution < 1.29 is 4.39 Å². The zero-order valence-electron chi connectivity index (χ0n) is 12.8. The number of hydrogen-bond acceptors (Lipinski definition) is 1. The first kappa shape index (κ1) is 15.4. The number of halogens is 1. The van der Waals surface area contributed by atoms with Gasteiger partial charge < -0.3 is 10.2 Å². The highest BCUT2D eigenvalue weighted by molar-refractivity contribution is 7.80. The predicted molar refractivity (Wildman–Crippen MR) is 98.2 cm³/mol. The molecule has 2 nitrogen and oxygen atoms in total. The summed E-state index contributed by atoms with van der Waals surface area (Å²) in [5.74, 6) is -0.232. The summed E-state index contributed by atoms with van der Waals surface area (Å²) in [6.07, 6.45) is 0. The van der Waals surface area contributed by atoms with Gasteiger partial charge in [0.05, 0.1) is 0 Å². The van der Waals surface area contributed by atoms with Crippen LogP contribution in [0.25, 0.3) is 10.8 Å². The molecular formula is C19H17FN2S. The molecule has 3 aromatic carbocycles. The third kappa shape index (κ3) is 3.66. The summed E-state index contributed by atoms with van der Waals surface area (Å²) in [6, 6.07) is 20.9. The molecule has 0 spiro atoms. The van der Waals surface area contributed by atoms with Crippen molar-refractivity contribution in [1.82, 2.24) is 5.32 Å². The van der Waals surface area contributed by atoms with Crippen LogP contribution in [0, 0.1) is 5.82 Å². The van der Waals surface area contributed by atoms with E-state index in [-0.39, 0.29) is 5.82 Å². The number of nitrogens with one attached hydrogen (secondary N) is 1. The van der Waals surface area contributed by atoms with Gasteiger partial charge in [0.1, 0.15) is 5.82 Å². The van der Waals surface area contributed by atoms with Crippen molar-refractivity contribution in [3.05, 3.63) is 78.1 Å². The quantitative estimate of drug-likeness (QED) is 0.715. The molecule has 0 aromatic heterocycles. The minimum atomic E-state index is -0.232. The zero-order chi connectivity index (χ0) is 16.2. The Bertz CT molecular complexity index is 830. The zero-order valence-corrected chi connectivity index (χ0v) is 13.6. The number of hydrogen-bond donors (Lipinski definition) is 1. The number of nitrogens with zero attached hydrogens (tertiary/aromatic N) is 1. The van der Waals surface area contributed by atoms with Crippen molar-refractivity contribution >= 4 is 33.8 Å². The average Bonchev–Trinajstić information content (AvgIpc) is 2.60. The molecule has 116 valence electrons. The molecule has 3 aromatic rings. The average molecular weight is 324 g/mol. The summed E-state index contributed by atoms with van der Waals surface area (Å²) < 4.78 is 12.9. The van der Waals surface area contributed by atoms with E-state index >= 15 is 0 Å². The van der Waals surface area contributed by atoms with Gasteiger partial charge in [-0.25, -0.2) is 4.39 Å². The van der Waals surface area contributed by atoms with Gasteiger partial charge in [-0.15, -0.1) is 0 Å². The molecule has 0 unspecified atom stereocenters. The molecule has 3 rings (SSSR count). The van der Waals surface area contributed by atoms with Gasteiger partial charge >= 0.3 is 0 Å². The van der Waals surface area contributed by atoms with Gasteiger partial charge in [0, 0.05) is 19.3 Å². The Hall–Kier alpha value is -2.46. The Morgan fingerprint density at radius 2 is 1.70 bits per heavy atom. The Balaban J connectivity index is 1.69. The molecule has 0 atom stereocenters. The maximum absolute atomic E-state index is 12.9. The largest absolute Gasteiger partial charge is 0.358 e. The summed E-state index contributed by atoms with van der Waals surface area (Å²) in [6.45, 7) is 0.567. The summed E-state index contributed by atoms with van der Waals surface area (Å²) in [5, 5.41) is 6.21. The Morgan fingerprint density at radius 3 is 2.43 bits per heavy atom. The molecule has 0 amide bonds. The van der Waals surface area contributed by atoms with E-state index in [1.165, 1.54) is 22.9 Å². The molecule has 0 aliphatic heterocycles. The molecule has 0 bridgehead atoms. The Kier molecular flexibility index (Phi) is 4.53. The molecule has 0 heterocycles. The van der Waals surface area contributed by atoms with Gasteiger partial charge in [0.2, 0.25) is 0 Å². The van der Waals surface area contributed by atoms with Gasteiger partial charge in [0.25, 0.3) is 0 Å². The second-order valence-electron chi connectivity index (χ2n) is 5.38. The summed E-state index contributed by atoms with van der Waals surface area (Å²) >= 11 is 5.45. The third-order valence-corrected chi connectivity index (χ3v) is 4.20. The van der Waals surface area contributed by atoms with E-state index in [1.807, 2.05) is 30.1 Å². The predicted octanol–water partition coefficient (Wildman–Crippen LogP) is 4.49. The highest BCUT2D eigenvalue weighted by Gasteiger charge is 2.07. The molecule has 23 heavy (non-hydrogen) atoms. The van der Waals surface area contributed by atoms with Crippen LogP contribution in [0.3, 0.4) is 0 Å². The van der Waals surface area contributed by atoms with Crippen molar-refractivity contribution in [2.75, 3.05) is 11.9 Å². The van der Waals surface area contributed by atoms with Crippen LogP contribution >= 0.6 is 12.2 Å². The van der Waals surface area contributed by atoms with Crippen LogP contribution in [0.5, 0.6) is 0 Å². The fourth-order valence-corrected chi connectivity index (χ4v) is 2.58. The lowest BCUT2D eigenvalue weighted by Gasteiger charge is -2.21. The standard InChI is InChI=1S/C19H17FN2S/c1-22(18-11-8-15-4-2-3-5-16(15)12-18)19(23)21-13-14-6-9-17(20)10-7-14/h2-12H,13H2,1H3,(H,21,23). The van der Waals surface area contributed by atoms with Gasteiger partial charge in [0.15, 0.2) is 5.11 Å². The molecule has 0 fully saturated rings. The van der Waals surface area contributed by atoms with Crippen LogP contribution in [0.2, 0.25) is 0 Å². The molecular weight excluding hydrogens is 307 g/mol. The van der Waals surface area contributed by atoms with Crippen LogP contribution in [-0.4, -0.2) is 12.2 Å². The van der Waals surface area contributed by atoms with Gasteiger partial charge in [-0.2, -0.15) is 0 Å². The van der Waals surface area contributed by atoms with Crippen LogP contribution in [0.15, 0.2) is 66.7 Å². The smallest absolute Gasteiger partial charge is 0.173 e. The molecule has 0 saturated heterocycles. The van der Waals surface area contributed by atoms with Crippen molar-refractivity contribution in [3.63, 3.8) is 0 Å². The van der Waals surface area contributed by atoms with E-state index in [1.54, 1.807) is 12.1 Å². The number of benzene rings is 3. The molecule has 1 N–H and O–H groups in total. The number of thiocarbonyl (C=S) groups is 1. The lowest BCUT2D eigenvalue weighted by Crippen LogP contribution is -2.36. The minimum absolute atomic E-state index is 0.232. The maximum atomic E-state index is 12.9. The topological polar surface area (TPSA) is 15.3 Å². The van der Waals surface area contributed by atoms with Crippen LogP contribution in [0.1, 0.15) is 5.56 Å². The minimum Gasteiger partial charge on any atom is -0.358 e. The van der Waals surface area contributed by atoms with E-state index in [0.29, 0.717) is 11.7 Å². The van der Waals surface area contributed by atoms with E-state index in [2.05, 4.69) is 29.6 Å².